The number of amides is 1. The molecule has 0 unspecified atom stereocenters. The van der Waals surface area contributed by atoms with Gasteiger partial charge in [0.25, 0.3) is 5.56 Å². The SMILES string of the molecule is CCc1ccccc1NC(=O)CSc1nnc2n(-c3ccc(C)cc3C)c(=O)c3ccccc3n12. The average Bonchev–Trinajstić information content (AvgIpc) is 3.28. The van der Waals surface area contributed by atoms with Crippen LogP contribution in [0.5, 0.6) is 0 Å². The average molecular weight is 484 g/mol. The van der Waals surface area contributed by atoms with Crippen LogP contribution in [0.15, 0.2) is 76.7 Å². The van der Waals surface area contributed by atoms with Gasteiger partial charge in [0.2, 0.25) is 11.7 Å². The smallest absolute Gasteiger partial charge is 0.267 e. The van der Waals surface area contributed by atoms with Crippen molar-refractivity contribution >= 4 is 40.0 Å². The van der Waals surface area contributed by atoms with E-state index in [0.29, 0.717) is 21.8 Å². The molecule has 0 fully saturated rings. The second-order valence-electron chi connectivity index (χ2n) is 8.41. The topological polar surface area (TPSA) is 81.3 Å². The summed E-state index contributed by atoms with van der Waals surface area (Å²) in [5, 5.41) is 12.9. The van der Waals surface area contributed by atoms with Crippen LogP contribution < -0.4 is 10.9 Å². The standard InChI is InChI=1S/C27H25N5O2S/c1-4-19-9-5-7-11-21(19)28-24(33)16-35-27-30-29-26-31(22-14-13-17(2)15-18(22)3)25(34)20-10-6-8-12-23(20)32(26)27/h5-15H,4,16H2,1-3H3,(H,28,33). The van der Waals surface area contributed by atoms with E-state index in [1.807, 2.05) is 78.9 Å². The molecule has 2 aromatic heterocycles. The predicted molar refractivity (Wildman–Crippen MR) is 141 cm³/mol. The summed E-state index contributed by atoms with van der Waals surface area (Å²) < 4.78 is 3.46. The fraction of sp³-hybridized carbons (Fsp3) is 0.185. The molecule has 176 valence electrons. The Hall–Kier alpha value is -3.91. The number of fused-ring (bicyclic) bond motifs is 3. The fourth-order valence-corrected chi connectivity index (χ4v) is 5.05. The molecule has 0 atom stereocenters. The monoisotopic (exact) mass is 483 g/mol. The second kappa shape index (κ2) is 9.38. The van der Waals surface area contributed by atoms with Crippen molar-refractivity contribution in [1.29, 1.82) is 0 Å². The van der Waals surface area contributed by atoms with Gasteiger partial charge in [-0.1, -0.05) is 66.7 Å². The van der Waals surface area contributed by atoms with Crippen molar-refractivity contribution in [3.05, 3.63) is 93.8 Å². The molecular formula is C27H25N5O2S. The van der Waals surface area contributed by atoms with Gasteiger partial charge in [0, 0.05) is 5.69 Å². The van der Waals surface area contributed by atoms with Crippen LogP contribution in [0.1, 0.15) is 23.6 Å². The number of nitrogens with zero attached hydrogens (tertiary/aromatic N) is 4. The summed E-state index contributed by atoms with van der Waals surface area (Å²) in [5.41, 5.74) is 5.30. The van der Waals surface area contributed by atoms with Gasteiger partial charge in [-0.2, -0.15) is 0 Å². The van der Waals surface area contributed by atoms with Crippen molar-refractivity contribution in [3.8, 4) is 5.69 Å². The fourth-order valence-electron chi connectivity index (χ4n) is 4.31. The maximum absolute atomic E-state index is 13.5. The number of hydrogen-bond donors (Lipinski definition) is 1. The molecule has 2 heterocycles. The largest absolute Gasteiger partial charge is 0.325 e. The van der Waals surface area contributed by atoms with Gasteiger partial charge in [0.1, 0.15) is 0 Å². The molecule has 0 spiro atoms. The van der Waals surface area contributed by atoms with Gasteiger partial charge in [-0.15, -0.1) is 10.2 Å². The number of para-hydroxylation sites is 2. The zero-order valence-corrected chi connectivity index (χ0v) is 20.6. The van der Waals surface area contributed by atoms with Gasteiger partial charge < -0.3 is 5.32 Å². The Kier molecular flexibility index (Phi) is 6.13. The van der Waals surface area contributed by atoms with Crippen LogP contribution in [0.3, 0.4) is 0 Å². The van der Waals surface area contributed by atoms with Crippen molar-refractivity contribution in [2.75, 3.05) is 11.1 Å². The lowest BCUT2D eigenvalue weighted by Gasteiger charge is -2.14. The number of nitrogens with one attached hydrogen (secondary N) is 1. The van der Waals surface area contributed by atoms with Gasteiger partial charge in [-0.25, -0.2) is 4.57 Å². The summed E-state index contributed by atoms with van der Waals surface area (Å²) in [5.74, 6) is 0.454. The maximum Gasteiger partial charge on any atom is 0.267 e. The zero-order valence-electron chi connectivity index (χ0n) is 19.8. The van der Waals surface area contributed by atoms with Crippen LogP contribution in [0, 0.1) is 13.8 Å². The molecule has 7 nitrogen and oxygen atoms in total. The normalized spacial score (nSPS) is 11.3. The van der Waals surface area contributed by atoms with Gasteiger partial charge in [0.15, 0.2) is 5.16 Å². The lowest BCUT2D eigenvalue weighted by molar-refractivity contribution is -0.113. The number of anilines is 1. The van der Waals surface area contributed by atoms with E-state index in [1.165, 1.54) is 11.8 Å². The first kappa shape index (κ1) is 22.9. The highest BCUT2D eigenvalue weighted by Gasteiger charge is 2.19. The lowest BCUT2D eigenvalue weighted by atomic mass is 10.1. The minimum Gasteiger partial charge on any atom is -0.325 e. The van der Waals surface area contributed by atoms with Gasteiger partial charge in [-0.3, -0.25) is 14.0 Å². The molecule has 8 heteroatoms. The molecule has 3 aromatic carbocycles. The number of hydrogen-bond acceptors (Lipinski definition) is 5. The number of carbonyl (C=O) groups is 1. The summed E-state index contributed by atoms with van der Waals surface area (Å²) >= 11 is 1.29. The summed E-state index contributed by atoms with van der Waals surface area (Å²) in [6.07, 6.45) is 0.834. The Bertz CT molecular complexity index is 1640. The Balaban J connectivity index is 1.56. The third kappa shape index (κ3) is 4.21. The summed E-state index contributed by atoms with van der Waals surface area (Å²) in [6.45, 7) is 6.05. The van der Waals surface area contributed by atoms with E-state index >= 15 is 0 Å². The lowest BCUT2D eigenvalue weighted by Crippen LogP contribution is -2.22. The van der Waals surface area contributed by atoms with Crippen molar-refractivity contribution in [3.63, 3.8) is 0 Å². The minimum atomic E-state index is -0.155. The molecule has 35 heavy (non-hydrogen) atoms. The quantitative estimate of drug-likeness (QED) is 0.346. The van der Waals surface area contributed by atoms with Gasteiger partial charge in [0.05, 0.1) is 22.3 Å². The molecular weight excluding hydrogens is 458 g/mol. The highest BCUT2D eigenvalue weighted by Crippen LogP contribution is 2.25. The Morgan fingerprint density at radius 2 is 1.77 bits per heavy atom. The molecule has 5 rings (SSSR count). The van der Waals surface area contributed by atoms with E-state index < -0.39 is 0 Å². The second-order valence-corrected chi connectivity index (χ2v) is 9.36. The molecule has 0 saturated carbocycles. The van der Waals surface area contributed by atoms with E-state index in [1.54, 1.807) is 10.6 Å². The number of rotatable bonds is 6. The zero-order chi connectivity index (χ0) is 24.5. The first-order valence-corrected chi connectivity index (χ1v) is 12.4. The van der Waals surface area contributed by atoms with Crippen molar-refractivity contribution in [1.82, 2.24) is 19.2 Å². The molecule has 0 aliphatic rings. The van der Waals surface area contributed by atoms with Crippen LogP contribution in [0.2, 0.25) is 0 Å². The number of aromatic nitrogens is 4. The number of carbonyl (C=O) groups excluding carboxylic acids is 1. The summed E-state index contributed by atoms with van der Waals surface area (Å²) in [4.78, 5) is 26.3. The highest BCUT2D eigenvalue weighted by molar-refractivity contribution is 7.99. The van der Waals surface area contributed by atoms with Gasteiger partial charge in [-0.05, 0) is 55.7 Å². The van der Waals surface area contributed by atoms with Crippen LogP contribution in [-0.2, 0) is 11.2 Å². The molecule has 5 aromatic rings. The van der Waals surface area contributed by atoms with Crippen LogP contribution in [-0.4, -0.2) is 30.8 Å². The maximum atomic E-state index is 13.5. The Morgan fingerprint density at radius 1 is 1.00 bits per heavy atom. The van der Waals surface area contributed by atoms with E-state index in [9.17, 15) is 9.59 Å². The van der Waals surface area contributed by atoms with Crippen LogP contribution in [0.4, 0.5) is 5.69 Å². The molecule has 0 aliphatic carbocycles. The Labute approximate surface area is 206 Å². The summed E-state index contributed by atoms with van der Waals surface area (Å²) in [7, 11) is 0. The van der Waals surface area contributed by atoms with Crippen molar-refractivity contribution in [2.45, 2.75) is 32.3 Å². The van der Waals surface area contributed by atoms with Crippen molar-refractivity contribution in [2.24, 2.45) is 0 Å². The van der Waals surface area contributed by atoms with Crippen LogP contribution in [0.25, 0.3) is 22.4 Å². The molecule has 1 amide bonds. The third-order valence-electron chi connectivity index (χ3n) is 5.99. The highest BCUT2D eigenvalue weighted by atomic mass is 32.2. The van der Waals surface area contributed by atoms with E-state index in [2.05, 4.69) is 22.4 Å². The van der Waals surface area contributed by atoms with Crippen LogP contribution >= 0.6 is 11.8 Å². The molecule has 1 N–H and O–H groups in total. The molecule has 0 bridgehead atoms. The first-order valence-electron chi connectivity index (χ1n) is 11.4. The number of benzene rings is 3. The van der Waals surface area contributed by atoms with Crippen molar-refractivity contribution < 1.29 is 4.79 Å². The first-order chi connectivity index (χ1) is 17.0. The van der Waals surface area contributed by atoms with E-state index in [4.69, 9.17) is 0 Å². The third-order valence-corrected chi connectivity index (χ3v) is 6.92. The minimum absolute atomic E-state index is 0.125. The van der Waals surface area contributed by atoms with E-state index in [-0.39, 0.29) is 17.2 Å². The summed E-state index contributed by atoms with van der Waals surface area (Å²) in [6, 6.07) is 21.1. The predicted octanol–water partition coefficient (Wildman–Crippen LogP) is 4.94. The van der Waals surface area contributed by atoms with E-state index in [0.717, 1.165) is 34.5 Å². The van der Waals surface area contributed by atoms with Gasteiger partial charge >= 0.3 is 0 Å². The molecule has 0 aliphatic heterocycles. The number of aryl methyl sites for hydroxylation is 3. The molecule has 0 saturated heterocycles. The Morgan fingerprint density at radius 3 is 2.57 bits per heavy atom. The molecule has 0 radical (unpaired) electrons. The number of thioether (sulfide) groups is 1.